The van der Waals surface area contributed by atoms with Gasteiger partial charge in [0.2, 0.25) is 5.91 Å². The third-order valence-electron chi connectivity index (χ3n) is 3.91. The molecule has 0 fully saturated rings. The largest absolute Gasteiger partial charge is 0.313 e. The lowest BCUT2D eigenvalue weighted by Crippen LogP contribution is -2.39. The topological polar surface area (TPSA) is 81.7 Å². The molecule has 0 radical (unpaired) electrons. The smallest absolute Gasteiger partial charge is 0.284 e. The summed E-state index contributed by atoms with van der Waals surface area (Å²) in [6.45, 7) is 9.51. The maximum atomic E-state index is 12.7. The Bertz CT molecular complexity index is 770. The van der Waals surface area contributed by atoms with E-state index < -0.39 is 5.91 Å². The second kappa shape index (κ2) is 9.12. The van der Waals surface area contributed by atoms with Crippen LogP contribution in [0.25, 0.3) is 10.1 Å². The molecule has 1 aromatic heterocycles. The third-order valence-corrected chi connectivity index (χ3v) is 5.02. The zero-order valence-corrected chi connectivity index (χ0v) is 16.5. The first kappa shape index (κ1) is 20.4. The monoisotopic (exact) mass is 377 g/mol. The molecular formula is C19H27N3O3S. The maximum absolute atomic E-state index is 12.7. The van der Waals surface area contributed by atoms with E-state index in [-0.39, 0.29) is 11.8 Å². The van der Waals surface area contributed by atoms with Crippen molar-refractivity contribution in [3.63, 3.8) is 0 Å². The SMILES string of the molecule is CC(C)CC(=O)N(CCNC(C)C)c1ccc2sc(C(=O)NO)cc2c1. The van der Waals surface area contributed by atoms with Gasteiger partial charge in [-0.3, -0.25) is 14.8 Å². The van der Waals surface area contributed by atoms with E-state index in [0.29, 0.717) is 30.4 Å². The second-order valence-electron chi connectivity index (χ2n) is 7.03. The van der Waals surface area contributed by atoms with Crippen LogP contribution in [0.15, 0.2) is 24.3 Å². The quantitative estimate of drug-likeness (QED) is 0.486. The molecule has 0 aliphatic rings. The number of hydrogen-bond donors (Lipinski definition) is 3. The number of hydrogen-bond acceptors (Lipinski definition) is 5. The summed E-state index contributed by atoms with van der Waals surface area (Å²) >= 11 is 1.30. The van der Waals surface area contributed by atoms with Crippen molar-refractivity contribution in [2.45, 2.75) is 40.2 Å². The number of nitrogens with one attached hydrogen (secondary N) is 2. The number of fused-ring (bicyclic) bond motifs is 1. The van der Waals surface area contributed by atoms with Crippen LogP contribution >= 0.6 is 11.3 Å². The van der Waals surface area contributed by atoms with Gasteiger partial charge in [0.05, 0.1) is 4.88 Å². The van der Waals surface area contributed by atoms with Crippen LogP contribution in [0.2, 0.25) is 0 Å². The summed E-state index contributed by atoms with van der Waals surface area (Å²) in [7, 11) is 0. The number of benzene rings is 1. The Morgan fingerprint density at radius 2 is 1.92 bits per heavy atom. The molecule has 1 aromatic carbocycles. The molecule has 3 N–H and O–H groups in total. The van der Waals surface area contributed by atoms with Crippen molar-refractivity contribution in [2.75, 3.05) is 18.0 Å². The molecular weight excluding hydrogens is 350 g/mol. The normalized spacial score (nSPS) is 11.3. The summed E-state index contributed by atoms with van der Waals surface area (Å²) in [6.07, 6.45) is 0.488. The molecule has 1 heterocycles. The zero-order chi connectivity index (χ0) is 19.3. The number of thiophene rings is 1. The van der Waals surface area contributed by atoms with E-state index in [4.69, 9.17) is 5.21 Å². The number of rotatable bonds is 8. The van der Waals surface area contributed by atoms with Crippen LogP contribution in [-0.4, -0.2) is 36.2 Å². The maximum Gasteiger partial charge on any atom is 0.284 e. The van der Waals surface area contributed by atoms with Crippen molar-refractivity contribution in [2.24, 2.45) is 5.92 Å². The van der Waals surface area contributed by atoms with Gasteiger partial charge in [0.25, 0.3) is 5.91 Å². The van der Waals surface area contributed by atoms with Crippen LogP contribution in [0, 0.1) is 5.92 Å². The molecule has 0 bridgehead atoms. The molecule has 2 amide bonds. The van der Waals surface area contributed by atoms with Crippen molar-refractivity contribution in [1.82, 2.24) is 10.8 Å². The average Bonchev–Trinajstić information content (AvgIpc) is 3.00. The number of carbonyl (C=O) groups is 2. The van der Waals surface area contributed by atoms with E-state index in [9.17, 15) is 9.59 Å². The molecule has 0 aliphatic carbocycles. The van der Waals surface area contributed by atoms with Crippen LogP contribution in [-0.2, 0) is 4.79 Å². The van der Waals surface area contributed by atoms with Crippen LogP contribution in [0.4, 0.5) is 5.69 Å². The Labute approximate surface area is 158 Å². The molecule has 0 unspecified atom stereocenters. The van der Waals surface area contributed by atoms with Crippen LogP contribution in [0.5, 0.6) is 0 Å². The van der Waals surface area contributed by atoms with E-state index in [1.54, 1.807) is 16.4 Å². The predicted molar refractivity (Wildman–Crippen MR) is 106 cm³/mol. The van der Waals surface area contributed by atoms with Crippen molar-refractivity contribution < 1.29 is 14.8 Å². The van der Waals surface area contributed by atoms with E-state index >= 15 is 0 Å². The molecule has 6 nitrogen and oxygen atoms in total. The van der Waals surface area contributed by atoms with E-state index in [1.807, 2.05) is 32.0 Å². The van der Waals surface area contributed by atoms with Gasteiger partial charge in [-0.2, -0.15) is 0 Å². The van der Waals surface area contributed by atoms with Gasteiger partial charge in [0.1, 0.15) is 0 Å². The Balaban J connectivity index is 2.29. The molecule has 2 aromatic rings. The Morgan fingerprint density at radius 1 is 1.19 bits per heavy atom. The average molecular weight is 378 g/mol. The molecule has 0 aliphatic heterocycles. The van der Waals surface area contributed by atoms with Gasteiger partial charge in [-0.1, -0.05) is 27.7 Å². The van der Waals surface area contributed by atoms with E-state index in [1.165, 1.54) is 11.3 Å². The summed E-state index contributed by atoms with van der Waals surface area (Å²) in [5.41, 5.74) is 2.48. The number of amides is 2. The van der Waals surface area contributed by atoms with Gasteiger partial charge in [-0.05, 0) is 35.6 Å². The van der Waals surface area contributed by atoms with Crippen molar-refractivity contribution in [1.29, 1.82) is 0 Å². The molecule has 0 atom stereocenters. The lowest BCUT2D eigenvalue weighted by atomic mass is 10.1. The van der Waals surface area contributed by atoms with Gasteiger partial charge in [-0.15, -0.1) is 11.3 Å². The van der Waals surface area contributed by atoms with Gasteiger partial charge >= 0.3 is 0 Å². The molecule has 26 heavy (non-hydrogen) atoms. The highest BCUT2D eigenvalue weighted by Gasteiger charge is 2.18. The Kier molecular flexibility index (Phi) is 7.14. The molecule has 0 saturated heterocycles. The summed E-state index contributed by atoms with van der Waals surface area (Å²) in [5.74, 6) is -0.150. The van der Waals surface area contributed by atoms with Gasteiger partial charge in [-0.25, -0.2) is 5.48 Å². The minimum Gasteiger partial charge on any atom is -0.313 e. The predicted octanol–water partition coefficient (Wildman–Crippen LogP) is 3.40. The lowest BCUT2D eigenvalue weighted by Gasteiger charge is -2.24. The fraction of sp³-hybridized carbons (Fsp3) is 0.474. The first-order chi connectivity index (χ1) is 12.3. The number of anilines is 1. The first-order valence-corrected chi connectivity index (χ1v) is 9.65. The fourth-order valence-corrected chi connectivity index (χ4v) is 3.62. The Morgan fingerprint density at radius 3 is 2.54 bits per heavy atom. The van der Waals surface area contributed by atoms with E-state index in [2.05, 4.69) is 19.2 Å². The highest BCUT2D eigenvalue weighted by atomic mass is 32.1. The summed E-state index contributed by atoms with van der Waals surface area (Å²) in [5, 5.41) is 13.0. The Hall–Kier alpha value is -1.96. The van der Waals surface area contributed by atoms with Crippen molar-refractivity contribution >= 4 is 38.9 Å². The van der Waals surface area contributed by atoms with Gasteiger partial charge in [0, 0.05) is 35.9 Å². The number of carbonyl (C=O) groups excluding carboxylic acids is 2. The van der Waals surface area contributed by atoms with Crippen molar-refractivity contribution in [3.8, 4) is 0 Å². The minimum atomic E-state index is -0.526. The molecule has 142 valence electrons. The first-order valence-electron chi connectivity index (χ1n) is 8.83. The standard InChI is InChI=1S/C19H27N3O3S/c1-12(2)9-18(23)22(8-7-20-13(3)4)15-5-6-16-14(10-15)11-17(26-16)19(24)21-25/h5-6,10-13,20,25H,7-9H2,1-4H3,(H,21,24). The zero-order valence-electron chi connectivity index (χ0n) is 15.7. The highest BCUT2D eigenvalue weighted by Crippen LogP contribution is 2.30. The van der Waals surface area contributed by atoms with Crippen LogP contribution < -0.4 is 15.7 Å². The molecule has 0 saturated carbocycles. The summed E-state index contributed by atoms with van der Waals surface area (Å²) in [6, 6.07) is 7.83. The molecule has 7 heteroatoms. The fourth-order valence-electron chi connectivity index (χ4n) is 2.69. The molecule has 2 rings (SSSR count). The molecule has 0 spiro atoms. The van der Waals surface area contributed by atoms with Crippen molar-refractivity contribution in [3.05, 3.63) is 29.1 Å². The van der Waals surface area contributed by atoms with Crippen LogP contribution in [0.1, 0.15) is 43.8 Å². The minimum absolute atomic E-state index is 0.0912. The second-order valence-corrected chi connectivity index (χ2v) is 8.11. The number of hydroxylamine groups is 1. The van der Waals surface area contributed by atoms with Gasteiger partial charge < -0.3 is 10.2 Å². The van der Waals surface area contributed by atoms with E-state index in [0.717, 1.165) is 15.8 Å². The third kappa shape index (κ3) is 5.27. The van der Waals surface area contributed by atoms with Gasteiger partial charge in [0.15, 0.2) is 0 Å². The lowest BCUT2D eigenvalue weighted by molar-refractivity contribution is -0.119. The van der Waals surface area contributed by atoms with Crippen LogP contribution in [0.3, 0.4) is 0 Å². The highest BCUT2D eigenvalue weighted by molar-refractivity contribution is 7.20. The summed E-state index contributed by atoms with van der Waals surface area (Å²) in [4.78, 5) is 26.6. The number of nitrogens with zero attached hydrogens (tertiary/aromatic N) is 1. The summed E-state index contributed by atoms with van der Waals surface area (Å²) < 4.78 is 0.934.